The van der Waals surface area contributed by atoms with Crippen LogP contribution in [0.2, 0.25) is 0 Å². The van der Waals surface area contributed by atoms with Crippen molar-refractivity contribution in [2.75, 3.05) is 6.61 Å². The van der Waals surface area contributed by atoms with Crippen LogP contribution in [-0.2, 0) is 14.3 Å². The first-order valence-corrected chi connectivity index (χ1v) is 14.2. The van der Waals surface area contributed by atoms with Crippen LogP contribution in [-0.4, -0.2) is 18.4 Å². The largest absolute Gasteiger partial charge is 0.465 e. The van der Waals surface area contributed by atoms with Crippen molar-refractivity contribution in [3.8, 4) is 0 Å². The molecule has 0 aromatic rings. The fraction of sp³-hybridized carbons (Fsp3) is 0.931. The van der Waals surface area contributed by atoms with Gasteiger partial charge in [0.15, 0.2) is 0 Å². The molecule has 0 radical (unpaired) electrons. The monoisotopic (exact) mass is 446 g/mol. The van der Waals surface area contributed by atoms with Crippen LogP contribution in [0.25, 0.3) is 0 Å². The van der Waals surface area contributed by atoms with Crippen LogP contribution in [0.4, 0.5) is 0 Å². The van der Waals surface area contributed by atoms with Gasteiger partial charge in [-0.05, 0) is 94.3 Å². The quantitative estimate of drug-likeness (QED) is 0.194. The van der Waals surface area contributed by atoms with E-state index in [1.54, 1.807) is 0 Å². The fourth-order valence-corrected chi connectivity index (χ4v) is 7.00. The first-order valence-electron chi connectivity index (χ1n) is 14.2. The Bertz CT molecular complexity index is 583. The highest BCUT2D eigenvalue weighted by molar-refractivity contribution is 6.04. The molecule has 184 valence electrons. The lowest BCUT2D eigenvalue weighted by Gasteiger charge is -2.42. The van der Waals surface area contributed by atoms with Gasteiger partial charge in [0.1, 0.15) is 11.2 Å². The van der Waals surface area contributed by atoms with Crippen molar-refractivity contribution in [2.24, 2.45) is 35.0 Å². The summed E-state index contributed by atoms with van der Waals surface area (Å²) in [6.07, 6.45) is 20.8. The van der Waals surface area contributed by atoms with Crippen LogP contribution in [0.5, 0.6) is 0 Å². The maximum Gasteiger partial charge on any atom is 0.319 e. The third-order valence-electron chi connectivity index (χ3n) is 9.52. The van der Waals surface area contributed by atoms with Gasteiger partial charge in [0.2, 0.25) is 0 Å². The molecule has 0 saturated heterocycles. The minimum atomic E-state index is -0.893. The normalized spacial score (nSPS) is 36.1. The number of carbonyl (C=O) groups is 2. The summed E-state index contributed by atoms with van der Waals surface area (Å²) in [5.41, 5.74) is -0.893. The van der Waals surface area contributed by atoms with Crippen molar-refractivity contribution in [1.29, 1.82) is 0 Å². The second-order valence-electron chi connectivity index (χ2n) is 11.7. The standard InChI is InChI=1S/C29H50O3/c1-4-6-8-20-32-28(31)29(3)19-18-26(21-27(29)30)25-16-14-24(15-17-25)23-12-10-22(11-13-23)9-7-5-2/h22-26H,4-21H2,1-3H3/t22-,23-,24?,25?,26?,29-/m0/s1. The highest BCUT2D eigenvalue weighted by atomic mass is 16.5. The molecule has 0 spiro atoms. The minimum absolute atomic E-state index is 0.141. The molecule has 0 aliphatic heterocycles. The summed E-state index contributed by atoms with van der Waals surface area (Å²) in [7, 11) is 0. The number of hydrogen-bond acceptors (Lipinski definition) is 3. The lowest BCUT2D eigenvalue weighted by molar-refractivity contribution is -0.162. The molecule has 3 nitrogen and oxygen atoms in total. The van der Waals surface area contributed by atoms with Crippen molar-refractivity contribution in [3.05, 3.63) is 0 Å². The van der Waals surface area contributed by atoms with Gasteiger partial charge in [-0.15, -0.1) is 0 Å². The maximum atomic E-state index is 13.0. The lowest BCUT2D eigenvalue weighted by Crippen LogP contribution is -2.44. The minimum Gasteiger partial charge on any atom is -0.465 e. The number of hydrogen-bond donors (Lipinski definition) is 0. The number of Topliss-reactive ketones (excluding diaryl/α,β-unsaturated/α-hetero) is 1. The summed E-state index contributed by atoms with van der Waals surface area (Å²) in [5, 5.41) is 0. The molecule has 1 unspecified atom stereocenters. The molecule has 3 rings (SSSR count). The van der Waals surface area contributed by atoms with E-state index >= 15 is 0 Å². The van der Waals surface area contributed by atoms with E-state index in [4.69, 9.17) is 4.74 Å². The summed E-state index contributed by atoms with van der Waals surface area (Å²) >= 11 is 0. The lowest BCUT2D eigenvalue weighted by atomic mass is 9.62. The Morgan fingerprint density at radius 2 is 1.38 bits per heavy atom. The Morgan fingerprint density at radius 3 is 1.94 bits per heavy atom. The van der Waals surface area contributed by atoms with Crippen LogP contribution in [0.15, 0.2) is 0 Å². The highest BCUT2D eigenvalue weighted by Gasteiger charge is 2.47. The van der Waals surface area contributed by atoms with E-state index in [0.29, 0.717) is 31.3 Å². The molecular formula is C29H50O3. The number of ether oxygens (including phenoxy) is 1. The first kappa shape index (κ1) is 25.8. The van der Waals surface area contributed by atoms with Crippen LogP contribution in [0, 0.1) is 35.0 Å². The van der Waals surface area contributed by atoms with Gasteiger partial charge < -0.3 is 4.74 Å². The van der Waals surface area contributed by atoms with Gasteiger partial charge in [-0.2, -0.15) is 0 Å². The highest BCUT2D eigenvalue weighted by Crippen LogP contribution is 2.47. The zero-order chi connectivity index (χ0) is 23.0. The number of carbonyl (C=O) groups excluding carboxylic acids is 2. The van der Waals surface area contributed by atoms with Gasteiger partial charge in [0, 0.05) is 6.42 Å². The average molecular weight is 447 g/mol. The van der Waals surface area contributed by atoms with Crippen molar-refractivity contribution < 1.29 is 14.3 Å². The Labute approximate surface area is 197 Å². The second kappa shape index (κ2) is 12.6. The molecule has 0 heterocycles. The van der Waals surface area contributed by atoms with Crippen LogP contribution in [0.3, 0.4) is 0 Å². The SMILES string of the molecule is CCCCCOC(=O)[C@@]1(C)CCC(C2CCC([C@H]3CC[C@H](CCCC)CC3)CC2)CC1=O. The molecule has 32 heavy (non-hydrogen) atoms. The predicted octanol–water partition coefficient (Wildman–Crippen LogP) is 7.90. The van der Waals surface area contributed by atoms with Crippen molar-refractivity contribution in [1.82, 2.24) is 0 Å². The predicted molar refractivity (Wildman–Crippen MR) is 131 cm³/mol. The van der Waals surface area contributed by atoms with Crippen molar-refractivity contribution in [2.45, 2.75) is 130 Å². The Balaban J connectivity index is 1.39. The maximum absolute atomic E-state index is 13.0. The third kappa shape index (κ3) is 6.60. The molecule has 3 aliphatic carbocycles. The molecule has 0 bridgehead atoms. The summed E-state index contributed by atoms with van der Waals surface area (Å²) < 4.78 is 5.49. The molecule has 3 saturated carbocycles. The van der Waals surface area contributed by atoms with E-state index in [-0.39, 0.29) is 11.8 Å². The van der Waals surface area contributed by atoms with Crippen molar-refractivity contribution in [3.63, 3.8) is 0 Å². The molecule has 0 aromatic carbocycles. The summed E-state index contributed by atoms with van der Waals surface area (Å²) in [6, 6.07) is 0. The summed E-state index contributed by atoms with van der Waals surface area (Å²) in [5.74, 6) is 3.96. The van der Waals surface area contributed by atoms with Gasteiger partial charge in [0.25, 0.3) is 0 Å². The molecule has 0 N–H and O–H groups in total. The van der Waals surface area contributed by atoms with Gasteiger partial charge >= 0.3 is 5.97 Å². The zero-order valence-electron chi connectivity index (χ0n) is 21.3. The van der Waals surface area contributed by atoms with Crippen LogP contribution < -0.4 is 0 Å². The molecule has 0 aromatic heterocycles. The summed E-state index contributed by atoms with van der Waals surface area (Å²) in [6.45, 7) is 6.75. The van der Waals surface area contributed by atoms with Gasteiger partial charge in [-0.1, -0.05) is 58.8 Å². The number of unbranched alkanes of at least 4 members (excludes halogenated alkanes) is 3. The second-order valence-corrected chi connectivity index (χ2v) is 11.7. The van der Waals surface area contributed by atoms with Gasteiger partial charge in [-0.25, -0.2) is 0 Å². The molecule has 3 fully saturated rings. The topological polar surface area (TPSA) is 43.4 Å². The molecule has 3 aliphatic rings. The van der Waals surface area contributed by atoms with Crippen molar-refractivity contribution >= 4 is 11.8 Å². The van der Waals surface area contributed by atoms with E-state index in [1.165, 1.54) is 70.6 Å². The van der Waals surface area contributed by atoms with E-state index in [9.17, 15) is 9.59 Å². The van der Waals surface area contributed by atoms with E-state index in [1.807, 2.05) is 6.92 Å². The Morgan fingerprint density at radius 1 is 0.812 bits per heavy atom. The third-order valence-corrected chi connectivity index (χ3v) is 9.52. The zero-order valence-corrected chi connectivity index (χ0v) is 21.3. The average Bonchev–Trinajstić information content (AvgIpc) is 2.82. The Hall–Kier alpha value is -0.860. The number of esters is 1. The molecular weight excluding hydrogens is 396 g/mol. The fourth-order valence-electron chi connectivity index (χ4n) is 7.00. The smallest absolute Gasteiger partial charge is 0.319 e. The van der Waals surface area contributed by atoms with Gasteiger partial charge in [0.05, 0.1) is 6.61 Å². The number of rotatable bonds is 10. The van der Waals surface area contributed by atoms with Crippen LogP contribution >= 0.6 is 0 Å². The van der Waals surface area contributed by atoms with Crippen LogP contribution in [0.1, 0.15) is 130 Å². The molecule has 0 amide bonds. The van der Waals surface area contributed by atoms with E-state index in [0.717, 1.165) is 43.4 Å². The Kier molecular flexibility index (Phi) is 10.1. The number of ketones is 1. The molecule has 3 heteroatoms. The summed E-state index contributed by atoms with van der Waals surface area (Å²) in [4.78, 5) is 25.6. The first-order chi connectivity index (χ1) is 15.5. The molecule has 2 atom stereocenters. The van der Waals surface area contributed by atoms with E-state index < -0.39 is 5.41 Å². The van der Waals surface area contributed by atoms with E-state index in [2.05, 4.69) is 13.8 Å². The van der Waals surface area contributed by atoms with Gasteiger partial charge in [-0.3, -0.25) is 9.59 Å².